The Hall–Kier alpha value is -3.30. The number of aliphatic carboxylic acids is 1. The summed E-state index contributed by atoms with van der Waals surface area (Å²) in [7, 11) is 1.54. The Bertz CT molecular complexity index is 805. The molecule has 0 saturated carbocycles. The predicted octanol–water partition coefficient (Wildman–Crippen LogP) is -2.99. The zero-order valence-electron chi connectivity index (χ0n) is 20.8. The lowest BCUT2D eigenvalue weighted by atomic mass is 9.91. The molecule has 1 aliphatic rings. The Morgan fingerprint density at radius 3 is 2.47 bits per heavy atom. The van der Waals surface area contributed by atoms with Crippen LogP contribution in [0, 0.1) is 5.92 Å². The van der Waals surface area contributed by atoms with Crippen molar-refractivity contribution in [1.29, 1.82) is 0 Å². The second-order valence-corrected chi connectivity index (χ2v) is 8.56. The summed E-state index contributed by atoms with van der Waals surface area (Å²) in [6.07, 6.45) is 2.74. The minimum atomic E-state index is -1.40. The second kappa shape index (κ2) is 15.6. The van der Waals surface area contributed by atoms with Crippen LogP contribution >= 0.6 is 0 Å². The number of nitrogens with two attached hydrogens (primary N) is 3. The van der Waals surface area contributed by atoms with Gasteiger partial charge in [0.05, 0.1) is 18.5 Å². The zero-order chi connectivity index (χ0) is 27.3. The fraction of sp³-hybridized carbons (Fsp3) is 0.714. The molecule has 0 aromatic rings. The Labute approximate surface area is 210 Å². The largest absolute Gasteiger partial charge is 0.481 e. The van der Waals surface area contributed by atoms with Gasteiger partial charge in [0.1, 0.15) is 18.9 Å². The maximum atomic E-state index is 13.1. The number of nitrogens with zero attached hydrogens (tertiary/aromatic N) is 3. The lowest BCUT2D eigenvalue weighted by Crippen LogP contribution is -2.57. The molecule has 15 nitrogen and oxygen atoms in total. The van der Waals surface area contributed by atoms with Crippen LogP contribution in [0.1, 0.15) is 45.4 Å². The van der Waals surface area contributed by atoms with Crippen LogP contribution < -0.4 is 33.4 Å². The fourth-order valence-electron chi connectivity index (χ4n) is 3.73. The molecule has 1 saturated heterocycles. The summed E-state index contributed by atoms with van der Waals surface area (Å²) in [6, 6.07) is -2.66. The van der Waals surface area contributed by atoms with E-state index < -0.39 is 54.2 Å². The minimum absolute atomic E-state index is 0.0604. The number of amides is 3. The van der Waals surface area contributed by atoms with Crippen molar-refractivity contribution < 1.29 is 29.1 Å². The number of hydrazine groups is 2. The number of aliphatic imine (C=N–C) groups is 1. The van der Waals surface area contributed by atoms with Gasteiger partial charge in [0.2, 0.25) is 5.91 Å². The Kier molecular flexibility index (Phi) is 13.4. The fourth-order valence-corrected chi connectivity index (χ4v) is 3.73. The highest BCUT2D eigenvalue weighted by molar-refractivity contribution is 5.94. The average molecular weight is 514 g/mol. The molecular formula is C21H39N9O6. The normalized spacial score (nSPS) is 16.7. The first kappa shape index (κ1) is 30.7. The van der Waals surface area contributed by atoms with Crippen LogP contribution in [0.15, 0.2) is 4.99 Å². The lowest BCUT2D eigenvalue weighted by Gasteiger charge is -2.32. The van der Waals surface area contributed by atoms with Gasteiger partial charge in [-0.2, -0.15) is 0 Å². The number of carboxylic acids is 1. The molecule has 0 aromatic carbocycles. The number of carbonyl (C=O) groups excluding carboxylic acids is 4. The third kappa shape index (κ3) is 9.75. The third-order valence-electron chi connectivity index (χ3n) is 5.82. The highest BCUT2D eigenvalue weighted by Gasteiger charge is 2.41. The van der Waals surface area contributed by atoms with E-state index in [1.54, 1.807) is 14.0 Å². The molecule has 15 heteroatoms. The summed E-state index contributed by atoms with van der Waals surface area (Å²) in [5.41, 5.74) is 19.0. The minimum Gasteiger partial charge on any atom is -0.481 e. The maximum Gasteiger partial charge on any atom is 0.305 e. The summed E-state index contributed by atoms with van der Waals surface area (Å²) in [6.45, 7) is 1.92. The number of carboxylic acid groups (broad SMARTS) is 1. The van der Waals surface area contributed by atoms with Crippen molar-refractivity contribution in [2.45, 2.75) is 63.6 Å². The monoisotopic (exact) mass is 513 g/mol. The summed E-state index contributed by atoms with van der Waals surface area (Å²) < 4.78 is 0. The molecule has 4 unspecified atom stereocenters. The van der Waals surface area contributed by atoms with Crippen molar-refractivity contribution in [3.8, 4) is 0 Å². The second-order valence-electron chi connectivity index (χ2n) is 8.56. The summed E-state index contributed by atoms with van der Waals surface area (Å²) in [4.78, 5) is 65.4. The van der Waals surface area contributed by atoms with E-state index in [1.165, 1.54) is 5.01 Å². The van der Waals surface area contributed by atoms with E-state index in [4.69, 9.17) is 17.2 Å². The Morgan fingerprint density at radius 1 is 1.22 bits per heavy atom. The van der Waals surface area contributed by atoms with Gasteiger partial charge in [-0.3, -0.25) is 29.2 Å². The standard InChI is InChI=1S/C21H39N9O6/c1-13(25-2)19(35)27-15(10-18(33)34)20(36)29-11-17(32)30(28-29)16(7-3-4-8-22)14(12-31)6-5-9-26-21(23)24/h12-16,25,28H,3-11,22H2,1-2H3,(H,27,35)(H,33,34)(H4,23,24,26). The predicted molar refractivity (Wildman–Crippen MR) is 131 cm³/mol. The van der Waals surface area contributed by atoms with Gasteiger partial charge < -0.3 is 37.7 Å². The smallest absolute Gasteiger partial charge is 0.305 e. The van der Waals surface area contributed by atoms with Crippen molar-refractivity contribution >= 4 is 35.9 Å². The molecule has 0 spiro atoms. The van der Waals surface area contributed by atoms with Gasteiger partial charge in [-0.05, 0) is 46.2 Å². The van der Waals surface area contributed by atoms with Crippen LogP contribution in [-0.4, -0.2) is 95.9 Å². The van der Waals surface area contributed by atoms with Crippen molar-refractivity contribution in [2.24, 2.45) is 28.1 Å². The van der Waals surface area contributed by atoms with E-state index >= 15 is 0 Å². The first-order valence-corrected chi connectivity index (χ1v) is 11.9. The number of aldehydes is 1. The Balaban J connectivity index is 3.04. The molecule has 1 rings (SSSR count). The van der Waals surface area contributed by atoms with Crippen LogP contribution in [0.2, 0.25) is 0 Å². The third-order valence-corrected chi connectivity index (χ3v) is 5.82. The molecule has 3 amide bonds. The SMILES string of the molecule is CNC(C)C(=O)NC(CC(=O)O)C(=O)N1CC(=O)N(C(CCCCN)C(C=O)CCCN=C(N)N)N1. The molecule has 1 aliphatic heterocycles. The van der Waals surface area contributed by atoms with E-state index in [1.807, 2.05) is 0 Å². The van der Waals surface area contributed by atoms with Gasteiger partial charge in [-0.15, -0.1) is 5.53 Å². The Morgan fingerprint density at radius 2 is 1.92 bits per heavy atom. The summed E-state index contributed by atoms with van der Waals surface area (Å²) in [5, 5.41) is 16.5. The number of hydrogen-bond acceptors (Lipinski definition) is 9. The number of likely N-dealkylation sites (N-methyl/N-ethyl adjacent to an activating group) is 1. The molecule has 204 valence electrons. The van der Waals surface area contributed by atoms with Gasteiger partial charge >= 0.3 is 5.97 Å². The number of unbranched alkanes of at least 4 members (excludes halogenated alkanes) is 1. The first-order valence-electron chi connectivity index (χ1n) is 11.9. The van der Waals surface area contributed by atoms with Crippen molar-refractivity contribution in [3.05, 3.63) is 0 Å². The van der Waals surface area contributed by atoms with Gasteiger partial charge in [-0.1, -0.05) is 6.42 Å². The lowest BCUT2D eigenvalue weighted by molar-refractivity contribution is -0.146. The highest BCUT2D eigenvalue weighted by Crippen LogP contribution is 2.23. The van der Waals surface area contributed by atoms with Gasteiger partial charge in [0, 0.05) is 12.5 Å². The number of carbonyl (C=O) groups is 5. The molecule has 1 heterocycles. The molecule has 10 N–H and O–H groups in total. The van der Waals surface area contributed by atoms with E-state index in [0.717, 1.165) is 11.3 Å². The van der Waals surface area contributed by atoms with Gasteiger partial charge in [-0.25, -0.2) is 5.01 Å². The quantitative estimate of drug-likeness (QED) is 0.0448. The van der Waals surface area contributed by atoms with Crippen molar-refractivity contribution in [2.75, 3.05) is 26.7 Å². The number of guanidine groups is 1. The summed E-state index contributed by atoms with van der Waals surface area (Å²) in [5.74, 6) is -3.76. The summed E-state index contributed by atoms with van der Waals surface area (Å²) >= 11 is 0. The van der Waals surface area contributed by atoms with Crippen LogP contribution in [0.25, 0.3) is 0 Å². The van der Waals surface area contributed by atoms with Crippen LogP contribution in [0.4, 0.5) is 0 Å². The molecular weight excluding hydrogens is 474 g/mol. The number of rotatable bonds is 17. The van der Waals surface area contributed by atoms with Crippen LogP contribution in [0.3, 0.4) is 0 Å². The molecule has 36 heavy (non-hydrogen) atoms. The topological polar surface area (TPSA) is 239 Å². The van der Waals surface area contributed by atoms with Crippen molar-refractivity contribution in [3.63, 3.8) is 0 Å². The van der Waals surface area contributed by atoms with Crippen LogP contribution in [0.5, 0.6) is 0 Å². The van der Waals surface area contributed by atoms with Crippen LogP contribution in [-0.2, 0) is 24.0 Å². The van der Waals surface area contributed by atoms with E-state index in [9.17, 15) is 29.1 Å². The average Bonchev–Trinajstić information content (AvgIpc) is 3.21. The van der Waals surface area contributed by atoms with Crippen molar-refractivity contribution in [1.82, 2.24) is 26.2 Å². The van der Waals surface area contributed by atoms with Gasteiger partial charge in [0.25, 0.3) is 11.8 Å². The molecule has 1 fully saturated rings. The van der Waals surface area contributed by atoms with E-state index in [2.05, 4.69) is 21.2 Å². The van der Waals surface area contributed by atoms with E-state index in [-0.39, 0.29) is 12.5 Å². The molecule has 0 bridgehead atoms. The molecule has 0 radical (unpaired) electrons. The van der Waals surface area contributed by atoms with Gasteiger partial charge in [0.15, 0.2) is 5.96 Å². The maximum absolute atomic E-state index is 13.1. The zero-order valence-corrected chi connectivity index (χ0v) is 20.8. The first-order chi connectivity index (χ1) is 17.0. The molecule has 4 atom stereocenters. The number of nitrogens with one attached hydrogen (secondary N) is 3. The highest BCUT2D eigenvalue weighted by atomic mass is 16.4. The molecule has 0 aliphatic carbocycles. The molecule has 0 aromatic heterocycles. The van der Waals surface area contributed by atoms with E-state index in [0.29, 0.717) is 45.2 Å². The number of hydrogen-bond donors (Lipinski definition) is 7.